The molecule has 0 radical (unpaired) electrons. The van der Waals surface area contributed by atoms with E-state index in [0.29, 0.717) is 18.8 Å². The highest BCUT2D eigenvalue weighted by Gasteiger charge is 2.31. The van der Waals surface area contributed by atoms with Crippen molar-refractivity contribution in [3.8, 4) is 0 Å². The first-order valence-electron chi connectivity index (χ1n) is 10.5. The van der Waals surface area contributed by atoms with Crippen LogP contribution in [0.15, 0.2) is 84.9 Å². The number of carbonyl (C=O) groups is 1. The maximum absolute atomic E-state index is 13.1. The van der Waals surface area contributed by atoms with E-state index in [1.54, 1.807) is 17.0 Å². The zero-order valence-corrected chi connectivity index (χ0v) is 17.3. The zero-order chi connectivity index (χ0) is 21.6. The number of rotatable bonds is 5. The number of nitrogens with two attached hydrogens (primary N) is 1. The van der Waals surface area contributed by atoms with Crippen molar-refractivity contribution in [1.82, 2.24) is 9.80 Å². The van der Waals surface area contributed by atoms with Crippen molar-refractivity contribution < 1.29 is 9.18 Å². The highest BCUT2D eigenvalue weighted by molar-refractivity contribution is 5.89. The van der Waals surface area contributed by atoms with Crippen LogP contribution in [0.1, 0.15) is 23.2 Å². The maximum Gasteiger partial charge on any atom is 0.321 e. The molecule has 0 bridgehead atoms. The van der Waals surface area contributed by atoms with Crippen molar-refractivity contribution in [2.24, 2.45) is 5.73 Å². The van der Waals surface area contributed by atoms with E-state index in [0.717, 1.165) is 18.7 Å². The molecule has 1 aliphatic rings. The van der Waals surface area contributed by atoms with Gasteiger partial charge in [0.1, 0.15) is 5.82 Å². The third-order valence-corrected chi connectivity index (χ3v) is 5.76. The van der Waals surface area contributed by atoms with E-state index in [-0.39, 0.29) is 23.9 Å². The fourth-order valence-electron chi connectivity index (χ4n) is 4.09. The van der Waals surface area contributed by atoms with Gasteiger partial charge < -0.3 is 16.0 Å². The molecule has 31 heavy (non-hydrogen) atoms. The van der Waals surface area contributed by atoms with Crippen LogP contribution >= 0.6 is 0 Å². The first-order chi connectivity index (χ1) is 15.1. The minimum atomic E-state index is -0.326. The minimum absolute atomic E-state index is 0.0194. The maximum atomic E-state index is 13.1. The second-order valence-electron chi connectivity index (χ2n) is 7.75. The predicted molar refractivity (Wildman–Crippen MR) is 121 cm³/mol. The summed E-state index contributed by atoms with van der Waals surface area (Å²) in [5, 5.41) is 2.84. The van der Waals surface area contributed by atoms with E-state index in [1.807, 2.05) is 36.4 Å². The van der Waals surface area contributed by atoms with Crippen LogP contribution < -0.4 is 11.1 Å². The summed E-state index contributed by atoms with van der Waals surface area (Å²) >= 11 is 0. The molecule has 3 N–H and O–H groups in total. The van der Waals surface area contributed by atoms with Crippen molar-refractivity contribution in [3.63, 3.8) is 0 Å². The normalized spacial score (nSPS) is 16.5. The molecule has 3 aromatic carbocycles. The van der Waals surface area contributed by atoms with E-state index in [9.17, 15) is 9.18 Å². The Morgan fingerprint density at radius 3 is 1.94 bits per heavy atom. The lowest BCUT2D eigenvalue weighted by Crippen LogP contribution is -2.52. The number of hydrogen-bond donors (Lipinski definition) is 2. The molecule has 1 heterocycles. The number of nitrogens with zero attached hydrogens (tertiary/aromatic N) is 2. The predicted octanol–water partition coefficient (Wildman–Crippen LogP) is 4.42. The third kappa shape index (κ3) is 5.10. The molecule has 0 unspecified atom stereocenters. The van der Waals surface area contributed by atoms with Crippen molar-refractivity contribution in [1.29, 1.82) is 0 Å². The summed E-state index contributed by atoms with van der Waals surface area (Å²) in [5.41, 5.74) is 9.59. The van der Waals surface area contributed by atoms with Crippen LogP contribution in [0.4, 0.5) is 14.9 Å². The fourth-order valence-corrected chi connectivity index (χ4v) is 4.09. The van der Waals surface area contributed by atoms with Gasteiger partial charge in [-0.1, -0.05) is 60.7 Å². The van der Waals surface area contributed by atoms with Crippen LogP contribution in [-0.4, -0.2) is 42.0 Å². The van der Waals surface area contributed by atoms with E-state index in [1.165, 1.54) is 17.7 Å². The van der Waals surface area contributed by atoms with Crippen LogP contribution in [0.3, 0.4) is 0 Å². The number of urea groups is 1. The Morgan fingerprint density at radius 1 is 0.806 bits per heavy atom. The largest absolute Gasteiger partial charge is 0.322 e. The first-order valence-corrected chi connectivity index (χ1v) is 10.5. The lowest BCUT2D eigenvalue weighted by molar-refractivity contribution is 0.100. The molecule has 0 aliphatic carbocycles. The van der Waals surface area contributed by atoms with E-state index in [2.05, 4.69) is 34.5 Å². The Kier molecular flexibility index (Phi) is 6.60. The molecule has 0 saturated carbocycles. The third-order valence-electron chi connectivity index (χ3n) is 5.76. The van der Waals surface area contributed by atoms with Crippen LogP contribution in [0.2, 0.25) is 0 Å². The van der Waals surface area contributed by atoms with Gasteiger partial charge in [0, 0.05) is 37.9 Å². The Balaban J connectivity index is 1.45. The van der Waals surface area contributed by atoms with Crippen molar-refractivity contribution >= 4 is 11.7 Å². The van der Waals surface area contributed by atoms with E-state index >= 15 is 0 Å². The van der Waals surface area contributed by atoms with Gasteiger partial charge in [-0.2, -0.15) is 0 Å². The monoisotopic (exact) mass is 418 g/mol. The summed E-state index contributed by atoms with van der Waals surface area (Å²) in [6.45, 7) is 2.63. The van der Waals surface area contributed by atoms with Gasteiger partial charge in [-0.05, 0) is 35.4 Å². The first kappa shape index (κ1) is 21.0. The highest BCUT2D eigenvalue weighted by Crippen LogP contribution is 2.33. The molecule has 0 spiro atoms. The lowest BCUT2D eigenvalue weighted by atomic mass is 9.92. The number of anilines is 1. The number of piperazine rings is 1. The van der Waals surface area contributed by atoms with Gasteiger partial charge in [0.15, 0.2) is 0 Å². The second kappa shape index (κ2) is 9.73. The van der Waals surface area contributed by atoms with Gasteiger partial charge in [0.25, 0.3) is 0 Å². The quantitative estimate of drug-likeness (QED) is 0.645. The second-order valence-corrected chi connectivity index (χ2v) is 7.75. The standard InChI is InChI=1S/C25H27FN4O/c26-21-11-13-22(14-12-21)28-25(31)30-17-15-29(16-18-30)24(20-9-5-2-6-10-20)23(27)19-7-3-1-4-8-19/h1-14,23-24H,15-18,27H2,(H,28,31)/t23-,24+/m0/s1. The van der Waals surface area contributed by atoms with Gasteiger partial charge in [-0.15, -0.1) is 0 Å². The fraction of sp³-hybridized carbons (Fsp3) is 0.240. The molecular weight excluding hydrogens is 391 g/mol. The number of hydrogen-bond acceptors (Lipinski definition) is 3. The zero-order valence-electron chi connectivity index (χ0n) is 17.3. The Bertz CT molecular complexity index is 973. The molecule has 1 aliphatic heterocycles. The van der Waals surface area contributed by atoms with Gasteiger partial charge in [-0.3, -0.25) is 4.90 Å². The SMILES string of the molecule is N[C@@H](c1ccccc1)[C@@H](c1ccccc1)N1CCN(C(=O)Nc2ccc(F)cc2)CC1. The molecular formula is C25H27FN4O. The van der Waals surface area contributed by atoms with E-state index in [4.69, 9.17) is 5.73 Å². The number of amides is 2. The molecule has 0 aromatic heterocycles. The summed E-state index contributed by atoms with van der Waals surface area (Å²) in [6.07, 6.45) is 0. The number of halogens is 1. The molecule has 160 valence electrons. The average Bonchev–Trinajstić information content (AvgIpc) is 2.82. The van der Waals surface area contributed by atoms with Crippen LogP contribution in [0.5, 0.6) is 0 Å². The number of benzene rings is 3. The Labute approximate surface area is 182 Å². The average molecular weight is 419 g/mol. The minimum Gasteiger partial charge on any atom is -0.322 e. The van der Waals surface area contributed by atoms with Crippen molar-refractivity contribution in [2.45, 2.75) is 12.1 Å². The topological polar surface area (TPSA) is 61.6 Å². The van der Waals surface area contributed by atoms with E-state index < -0.39 is 0 Å². The van der Waals surface area contributed by atoms with Gasteiger partial charge in [-0.25, -0.2) is 9.18 Å². The van der Waals surface area contributed by atoms with Gasteiger partial charge >= 0.3 is 6.03 Å². The Hall–Kier alpha value is -3.22. The molecule has 2 amide bonds. The molecule has 6 heteroatoms. The van der Waals surface area contributed by atoms with Gasteiger partial charge in [0.05, 0.1) is 6.04 Å². The molecule has 5 nitrogen and oxygen atoms in total. The molecule has 1 fully saturated rings. The number of nitrogens with one attached hydrogen (secondary N) is 1. The van der Waals surface area contributed by atoms with Crippen LogP contribution in [-0.2, 0) is 0 Å². The van der Waals surface area contributed by atoms with Crippen molar-refractivity contribution in [2.75, 3.05) is 31.5 Å². The highest BCUT2D eigenvalue weighted by atomic mass is 19.1. The van der Waals surface area contributed by atoms with Crippen molar-refractivity contribution in [3.05, 3.63) is 102 Å². The smallest absolute Gasteiger partial charge is 0.321 e. The summed E-state index contributed by atoms with van der Waals surface area (Å²) in [4.78, 5) is 16.8. The molecule has 3 aromatic rings. The lowest BCUT2D eigenvalue weighted by Gasteiger charge is -2.41. The van der Waals surface area contributed by atoms with Crippen LogP contribution in [0, 0.1) is 5.82 Å². The van der Waals surface area contributed by atoms with Gasteiger partial charge in [0.2, 0.25) is 0 Å². The molecule has 1 saturated heterocycles. The summed E-state index contributed by atoms with van der Waals surface area (Å²) in [7, 11) is 0. The van der Waals surface area contributed by atoms with Crippen LogP contribution in [0.25, 0.3) is 0 Å². The summed E-state index contributed by atoms with van der Waals surface area (Å²) < 4.78 is 13.1. The molecule has 2 atom stereocenters. The number of carbonyl (C=O) groups excluding carboxylic acids is 1. The molecule has 4 rings (SSSR count). The Morgan fingerprint density at radius 2 is 1.35 bits per heavy atom. The summed E-state index contributed by atoms with van der Waals surface area (Å²) in [5.74, 6) is -0.326. The summed E-state index contributed by atoms with van der Waals surface area (Å²) in [6, 6.07) is 25.9.